The summed E-state index contributed by atoms with van der Waals surface area (Å²) in [5.74, 6) is -0.0737. The standard InChI is InChI=1S/C17H29N3O5/c1-11-9-20(23-10-12(11)2)13(18-14(21)24-16(3,4)5)19-15(22)25-17(6,7)8/h9-10H2,1-8H3,(H,18,19,21,22). The van der Waals surface area contributed by atoms with Crippen molar-refractivity contribution in [3.05, 3.63) is 11.1 Å². The minimum atomic E-state index is -0.828. The van der Waals surface area contributed by atoms with Crippen LogP contribution in [0.2, 0.25) is 0 Å². The number of hydrogen-bond donors (Lipinski definition) is 1. The van der Waals surface area contributed by atoms with Gasteiger partial charge in [-0.3, -0.25) is 10.2 Å². The van der Waals surface area contributed by atoms with Crippen molar-refractivity contribution in [2.24, 2.45) is 4.99 Å². The molecule has 0 atom stereocenters. The number of nitrogens with one attached hydrogen (secondary N) is 1. The second kappa shape index (κ2) is 7.86. The van der Waals surface area contributed by atoms with Crippen molar-refractivity contribution >= 4 is 18.1 Å². The monoisotopic (exact) mass is 355 g/mol. The van der Waals surface area contributed by atoms with Gasteiger partial charge in [-0.1, -0.05) is 5.57 Å². The highest BCUT2D eigenvalue weighted by Gasteiger charge is 2.25. The Bertz CT molecular complexity index is 582. The fourth-order valence-electron chi connectivity index (χ4n) is 1.74. The van der Waals surface area contributed by atoms with Gasteiger partial charge < -0.3 is 9.47 Å². The molecule has 1 N–H and O–H groups in total. The van der Waals surface area contributed by atoms with Gasteiger partial charge in [0.2, 0.25) is 5.96 Å². The molecule has 1 aliphatic heterocycles. The molecule has 8 heteroatoms. The Morgan fingerprint density at radius 2 is 1.60 bits per heavy atom. The van der Waals surface area contributed by atoms with Gasteiger partial charge in [-0.05, 0) is 61.0 Å². The fourth-order valence-corrected chi connectivity index (χ4v) is 1.74. The summed E-state index contributed by atoms with van der Waals surface area (Å²) in [5.41, 5.74) is 0.766. The van der Waals surface area contributed by atoms with Gasteiger partial charge in [0, 0.05) is 0 Å². The van der Waals surface area contributed by atoms with E-state index in [0.29, 0.717) is 13.2 Å². The van der Waals surface area contributed by atoms with Crippen molar-refractivity contribution in [2.75, 3.05) is 13.2 Å². The van der Waals surface area contributed by atoms with E-state index in [2.05, 4.69) is 10.3 Å². The van der Waals surface area contributed by atoms with Gasteiger partial charge in [0.1, 0.15) is 11.2 Å². The average Bonchev–Trinajstić information content (AvgIpc) is 2.36. The number of hydroxylamine groups is 2. The van der Waals surface area contributed by atoms with Gasteiger partial charge >= 0.3 is 12.2 Å². The van der Waals surface area contributed by atoms with E-state index in [9.17, 15) is 9.59 Å². The third-order valence-electron chi connectivity index (χ3n) is 2.99. The Morgan fingerprint density at radius 1 is 1.04 bits per heavy atom. The molecule has 2 amide bonds. The molecule has 0 aromatic heterocycles. The first-order valence-corrected chi connectivity index (χ1v) is 8.14. The second-order valence-corrected chi connectivity index (χ2v) is 7.91. The van der Waals surface area contributed by atoms with Crippen LogP contribution in [0, 0.1) is 0 Å². The van der Waals surface area contributed by atoms with Crippen LogP contribution in [0.5, 0.6) is 0 Å². The van der Waals surface area contributed by atoms with Crippen molar-refractivity contribution in [3.63, 3.8) is 0 Å². The van der Waals surface area contributed by atoms with Crippen LogP contribution in [0.4, 0.5) is 9.59 Å². The van der Waals surface area contributed by atoms with Crippen LogP contribution in [0.3, 0.4) is 0 Å². The zero-order valence-corrected chi connectivity index (χ0v) is 16.3. The van der Waals surface area contributed by atoms with Crippen LogP contribution in [-0.4, -0.2) is 47.6 Å². The number of ether oxygens (including phenoxy) is 2. The minimum absolute atomic E-state index is 0.0737. The first-order valence-electron chi connectivity index (χ1n) is 8.14. The van der Waals surface area contributed by atoms with Crippen molar-refractivity contribution in [1.29, 1.82) is 0 Å². The lowest BCUT2D eigenvalue weighted by Crippen LogP contribution is -2.48. The number of guanidine groups is 1. The summed E-state index contributed by atoms with van der Waals surface area (Å²) in [4.78, 5) is 33.5. The molecule has 1 rings (SSSR count). The molecule has 1 heterocycles. The summed E-state index contributed by atoms with van der Waals surface area (Å²) >= 11 is 0. The average molecular weight is 355 g/mol. The molecule has 0 aliphatic carbocycles. The number of hydrogen-bond acceptors (Lipinski definition) is 5. The highest BCUT2D eigenvalue weighted by molar-refractivity contribution is 5.98. The topological polar surface area (TPSA) is 89.5 Å². The molecule has 142 valence electrons. The normalized spacial score (nSPS) is 16.6. The summed E-state index contributed by atoms with van der Waals surface area (Å²) in [7, 11) is 0. The van der Waals surface area contributed by atoms with E-state index in [0.717, 1.165) is 11.1 Å². The third kappa shape index (κ3) is 8.02. The molecule has 0 saturated heterocycles. The number of alkyl carbamates (subject to hydrolysis) is 1. The van der Waals surface area contributed by atoms with E-state index in [-0.39, 0.29) is 5.96 Å². The van der Waals surface area contributed by atoms with E-state index in [4.69, 9.17) is 14.3 Å². The number of amides is 2. The lowest BCUT2D eigenvalue weighted by atomic mass is 10.1. The first-order chi connectivity index (χ1) is 11.3. The van der Waals surface area contributed by atoms with E-state index in [1.165, 1.54) is 5.06 Å². The molecular formula is C17H29N3O5. The molecule has 0 radical (unpaired) electrons. The molecule has 0 bridgehead atoms. The summed E-state index contributed by atoms with van der Waals surface area (Å²) in [6.07, 6.45) is -1.56. The molecule has 0 aromatic carbocycles. The van der Waals surface area contributed by atoms with Crippen LogP contribution < -0.4 is 5.32 Å². The molecular weight excluding hydrogens is 326 g/mol. The van der Waals surface area contributed by atoms with Gasteiger partial charge in [0.15, 0.2) is 0 Å². The maximum Gasteiger partial charge on any atom is 0.437 e. The van der Waals surface area contributed by atoms with Crippen molar-refractivity contribution in [3.8, 4) is 0 Å². The van der Waals surface area contributed by atoms with Gasteiger partial charge in [-0.2, -0.15) is 0 Å². The molecule has 0 spiro atoms. The van der Waals surface area contributed by atoms with Crippen LogP contribution in [0.1, 0.15) is 55.4 Å². The lowest BCUT2D eigenvalue weighted by molar-refractivity contribution is -0.0942. The summed E-state index contributed by atoms with van der Waals surface area (Å²) in [6, 6.07) is 0. The van der Waals surface area contributed by atoms with Gasteiger partial charge in [0.25, 0.3) is 0 Å². The third-order valence-corrected chi connectivity index (χ3v) is 2.99. The Kier molecular flexibility index (Phi) is 6.59. The summed E-state index contributed by atoms with van der Waals surface area (Å²) in [6.45, 7) is 15.0. The molecule has 0 fully saturated rings. The van der Waals surface area contributed by atoms with Gasteiger partial charge in [-0.25, -0.2) is 14.7 Å². The molecule has 0 unspecified atom stereocenters. The minimum Gasteiger partial charge on any atom is -0.444 e. The molecule has 0 aromatic rings. The van der Waals surface area contributed by atoms with Gasteiger partial charge in [0.05, 0.1) is 13.2 Å². The fraction of sp³-hybridized carbons (Fsp3) is 0.706. The summed E-state index contributed by atoms with van der Waals surface area (Å²) < 4.78 is 10.4. The van der Waals surface area contributed by atoms with Crippen molar-refractivity contribution in [1.82, 2.24) is 10.4 Å². The highest BCUT2D eigenvalue weighted by Crippen LogP contribution is 2.15. The predicted molar refractivity (Wildman–Crippen MR) is 94.1 cm³/mol. The molecule has 8 nitrogen and oxygen atoms in total. The summed E-state index contributed by atoms with van der Waals surface area (Å²) in [5, 5.41) is 3.81. The van der Waals surface area contributed by atoms with Crippen LogP contribution >= 0.6 is 0 Å². The van der Waals surface area contributed by atoms with E-state index in [1.807, 2.05) is 13.8 Å². The number of carbonyl (C=O) groups is 2. The Balaban J connectivity index is 2.98. The van der Waals surface area contributed by atoms with E-state index in [1.54, 1.807) is 41.5 Å². The quantitative estimate of drug-likeness (QED) is 0.407. The first kappa shape index (κ1) is 21.0. The number of rotatable bonds is 0. The molecule has 25 heavy (non-hydrogen) atoms. The van der Waals surface area contributed by atoms with Crippen molar-refractivity contribution in [2.45, 2.75) is 66.6 Å². The second-order valence-electron chi connectivity index (χ2n) is 7.91. The zero-order chi connectivity index (χ0) is 19.4. The van der Waals surface area contributed by atoms with E-state index >= 15 is 0 Å². The predicted octanol–water partition coefficient (Wildman–Crippen LogP) is 3.39. The van der Waals surface area contributed by atoms with Crippen LogP contribution in [-0.2, 0) is 14.3 Å². The van der Waals surface area contributed by atoms with Crippen LogP contribution in [0.25, 0.3) is 0 Å². The highest BCUT2D eigenvalue weighted by atomic mass is 16.7. The molecule has 0 saturated carbocycles. The number of nitrogens with zero attached hydrogens (tertiary/aromatic N) is 2. The lowest BCUT2D eigenvalue weighted by Gasteiger charge is -2.30. The SMILES string of the molecule is CC1=C(C)CN(/C(=N\C(=O)OC(C)(C)C)NC(=O)OC(C)(C)C)OC1. The number of carbonyl (C=O) groups excluding carboxylic acids is 2. The zero-order valence-electron chi connectivity index (χ0n) is 16.3. The maximum absolute atomic E-state index is 12.1. The largest absolute Gasteiger partial charge is 0.444 e. The maximum atomic E-state index is 12.1. The van der Waals surface area contributed by atoms with Crippen molar-refractivity contribution < 1.29 is 23.9 Å². The Hall–Kier alpha value is -2.09. The molecule has 1 aliphatic rings. The number of aliphatic imine (C=N–C) groups is 1. The Morgan fingerprint density at radius 3 is 2.08 bits per heavy atom. The van der Waals surface area contributed by atoms with E-state index < -0.39 is 23.4 Å². The van der Waals surface area contributed by atoms with Gasteiger partial charge in [-0.15, -0.1) is 4.99 Å². The van der Waals surface area contributed by atoms with Crippen LogP contribution in [0.15, 0.2) is 16.1 Å². The Labute approximate surface area is 149 Å². The smallest absolute Gasteiger partial charge is 0.437 e.